The Hall–Kier alpha value is -1.13. The van der Waals surface area contributed by atoms with Crippen LogP contribution in [0.25, 0.3) is 6.08 Å². The molecule has 4 heteroatoms. The topological polar surface area (TPSA) is 36.4 Å². The Labute approximate surface area is 103 Å². The largest absolute Gasteiger partial charge is 0.437 e. The molecule has 0 spiro atoms. The van der Waals surface area contributed by atoms with Crippen LogP contribution < -0.4 is 0 Å². The molecule has 0 amide bonds. The van der Waals surface area contributed by atoms with Gasteiger partial charge in [-0.3, -0.25) is 4.98 Å². The van der Waals surface area contributed by atoms with Crippen LogP contribution in [0.2, 0.25) is 6.82 Å². The molecule has 2 heterocycles. The van der Waals surface area contributed by atoms with Crippen LogP contribution in [0.5, 0.6) is 0 Å². The van der Waals surface area contributed by atoms with Crippen molar-refractivity contribution in [3.8, 4) is 0 Å². The molecule has 0 bridgehead atoms. The predicted molar refractivity (Wildman–Crippen MR) is 71.5 cm³/mol. The fourth-order valence-corrected chi connectivity index (χ4v) is 2.35. The van der Waals surface area contributed by atoms with E-state index in [-0.39, 0.29) is 7.05 Å². The minimum atomic E-state index is -0.359. The number of aromatic nitrogens is 1. The van der Waals surface area contributed by atoms with Crippen LogP contribution in [0, 0.1) is 0 Å². The first-order chi connectivity index (χ1) is 8.27. The Kier molecular flexibility index (Phi) is 4.34. The lowest BCUT2D eigenvalue weighted by atomic mass is 9.80. The highest BCUT2D eigenvalue weighted by Crippen LogP contribution is 2.19. The quantitative estimate of drug-likeness (QED) is 0.807. The summed E-state index contributed by atoms with van der Waals surface area (Å²) in [5.74, 6) is 0. The number of nitrogens with zero attached hydrogens (tertiary/aromatic N) is 2. The van der Waals surface area contributed by atoms with Gasteiger partial charge >= 0.3 is 7.05 Å². The number of rotatable bonds is 3. The molecule has 1 aromatic rings. The van der Waals surface area contributed by atoms with Crippen molar-refractivity contribution in [3.63, 3.8) is 0 Å². The predicted octanol–water partition coefficient (Wildman–Crippen LogP) is 2.06. The van der Waals surface area contributed by atoms with Gasteiger partial charge in [0, 0.05) is 18.4 Å². The van der Waals surface area contributed by atoms with E-state index in [0.29, 0.717) is 6.04 Å². The van der Waals surface area contributed by atoms with Crippen LogP contribution >= 0.6 is 0 Å². The molecule has 1 fully saturated rings. The smallest absolute Gasteiger partial charge is 0.376 e. The first kappa shape index (κ1) is 12.3. The average molecular weight is 230 g/mol. The third kappa shape index (κ3) is 3.41. The Bertz CT molecular complexity index is 367. The van der Waals surface area contributed by atoms with Crippen molar-refractivity contribution in [2.45, 2.75) is 32.1 Å². The Morgan fingerprint density at radius 1 is 1.41 bits per heavy atom. The summed E-state index contributed by atoms with van der Waals surface area (Å²) in [6.45, 7) is 2.83. The number of piperidine rings is 1. The van der Waals surface area contributed by atoms with E-state index < -0.39 is 0 Å². The molecule has 1 aliphatic rings. The lowest BCUT2D eigenvalue weighted by Gasteiger charge is -2.34. The molecule has 0 saturated carbocycles. The molecule has 1 saturated heterocycles. The van der Waals surface area contributed by atoms with Crippen molar-refractivity contribution in [1.29, 1.82) is 0 Å². The maximum absolute atomic E-state index is 9.73. The molecule has 17 heavy (non-hydrogen) atoms. The van der Waals surface area contributed by atoms with Crippen LogP contribution in [0.4, 0.5) is 0 Å². The van der Waals surface area contributed by atoms with E-state index >= 15 is 0 Å². The van der Waals surface area contributed by atoms with Gasteiger partial charge < -0.3 is 9.83 Å². The second-order valence-corrected chi connectivity index (χ2v) is 4.57. The Balaban J connectivity index is 2.03. The van der Waals surface area contributed by atoms with E-state index in [9.17, 15) is 5.02 Å². The SMILES string of the molecule is CB(O)N1CCCCC1/C=C/c1ccncc1. The van der Waals surface area contributed by atoms with Gasteiger partial charge in [-0.2, -0.15) is 0 Å². The molecule has 0 radical (unpaired) electrons. The summed E-state index contributed by atoms with van der Waals surface area (Å²) in [5, 5.41) is 9.73. The van der Waals surface area contributed by atoms with Gasteiger partial charge in [-0.15, -0.1) is 0 Å². The van der Waals surface area contributed by atoms with Crippen LogP contribution in [0.1, 0.15) is 24.8 Å². The second kappa shape index (κ2) is 5.98. The molecule has 1 aliphatic heterocycles. The third-order valence-corrected chi connectivity index (χ3v) is 3.29. The van der Waals surface area contributed by atoms with Crippen LogP contribution in [-0.4, -0.2) is 34.5 Å². The van der Waals surface area contributed by atoms with Crippen LogP contribution in [0.15, 0.2) is 30.6 Å². The molecule has 2 rings (SSSR count). The molecule has 0 aliphatic carbocycles. The summed E-state index contributed by atoms with van der Waals surface area (Å²) >= 11 is 0. The number of hydrogen-bond donors (Lipinski definition) is 1. The van der Waals surface area contributed by atoms with Gasteiger partial charge in [0.1, 0.15) is 0 Å². The zero-order valence-corrected chi connectivity index (χ0v) is 10.3. The molecule has 0 aromatic carbocycles. The van der Waals surface area contributed by atoms with Crippen molar-refractivity contribution in [2.24, 2.45) is 0 Å². The van der Waals surface area contributed by atoms with E-state index in [1.807, 2.05) is 19.0 Å². The summed E-state index contributed by atoms with van der Waals surface area (Å²) in [5.41, 5.74) is 1.16. The summed E-state index contributed by atoms with van der Waals surface area (Å²) in [4.78, 5) is 6.15. The molecule has 1 aromatic heterocycles. The van der Waals surface area contributed by atoms with Gasteiger partial charge in [0.05, 0.1) is 0 Å². The molecular weight excluding hydrogens is 211 g/mol. The molecular formula is C13H19BN2O. The van der Waals surface area contributed by atoms with E-state index in [0.717, 1.165) is 18.5 Å². The lowest BCUT2D eigenvalue weighted by molar-refractivity contribution is 0.261. The maximum Gasteiger partial charge on any atom is 0.376 e. The summed E-state index contributed by atoms with van der Waals surface area (Å²) in [6, 6.07) is 4.34. The van der Waals surface area contributed by atoms with Crippen molar-refractivity contribution in [2.75, 3.05) is 6.54 Å². The van der Waals surface area contributed by atoms with Gasteiger partial charge in [-0.05, 0) is 43.9 Å². The molecule has 1 atom stereocenters. The summed E-state index contributed by atoms with van der Waals surface area (Å²) in [6.07, 6.45) is 11.5. The number of pyridine rings is 1. The van der Waals surface area contributed by atoms with Crippen molar-refractivity contribution in [1.82, 2.24) is 9.79 Å². The minimum Gasteiger partial charge on any atom is -0.437 e. The molecule has 1 unspecified atom stereocenters. The highest BCUT2D eigenvalue weighted by molar-refractivity contribution is 6.45. The van der Waals surface area contributed by atoms with Gasteiger partial charge in [-0.1, -0.05) is 18.6 Å². The van der Waals surface area contributed by atoms with Crippen molar-refractivity contribution in [3.05, 3.63) is 36.2 Å². The zero-order valence-electron chi connectivity index (χ0n) is 10.3. The monoisotopic (exact) mass is 230 g/mol. The van der Waals surface area contributed by atoms with E-state index in [2.05, 4.69) is 21.9 Å². The fraction of sp³-hybridized carbons (Fsp3) is 0.462. The molecule has 3 nitrogen and oxygen atoms in total. The Morgan fingerprint density at radius 3 is 2.88 bits per heavy atom. The molecule has 90 valence electrons. The minimum absolute atomic E-state index is 0.358. The van der Waals surface area contributed by atoms with Gasteiger partial charge in [0.2, 0.25) is 0 Å². The van der Waals surface area contributed by atoms with Crippen molar-refractivity contribution >= 4 is 13.1 Å². The van der Waals surface area contributed by atoms with E-state index in [1.54, 1.807) is 12.4 Å². The average Bonchev–Trinajstić information content (AvgIpc) is 2.38. The van der Waals surface area contributed by atoms with Gasteiger partial charge in [-0.25, -0.2) is 0 Å². The van der Waals surface area contributed by atoms with Gasteiger partial charge in [0.25, 0.3) is 0 Å². The third-order valence-electron chi connectivity index (χ3n) is 3.29. The first-order valence-corrected chi connectivity index (χ1v) is 6.29. The lowest BCUT2D eigenvalue weighted by Crippen LogP contribution is -2.46. The second-order valence-electron chi connectivity index (χ2n) is 4.57. The normalized spacial score (nSPS) is 21.9. The first-order valence-electron chi connectivity index (χ1n) is 6.29. The zero-order chi connectivity index (χ0) is 12.1. The van der Waals surface area contributed by atoms with Crippen molar-refractivity contribution < 1.29 is 5.02 Å². The maximum atomic E-state index is 9.73. The fourth-order valence-electron chi connectivity index (χ4n) is 2.35. The van der Waals surface area contributed by atoms with Gasteiger partial charge in [0.15, 0.2) is 0 Å². The summed E-state index contributed by atoms with van der Waals surface area (Å²) < 4.78 is 0. The highest BCUT2D eigenvalue weighted by atomic mass is 16.2. The van der Waals surface area contributed by atoms with Crippen LogP contribution in [-0.2, 0) is 0 Å². The standard InChI is InChI=1S/C13H19BN2O/c1-14(17)16-11-3-2-4-13(16)6-5-12-7-9-15-10-8-12/h5-10,13,17H,2-4,11H2,1H3/b6-5+. The molecule has 1 N–H and O–H groups in total. The Morgan fingerprint density at radius 2 is 2.18 bits per heavy atom. The van der Waals surface area contributed by atoms with E-state index in [1.165, 1.54) is 12.8 Å². The summed E-state index contributed by atoms with van der Waals surface area (Å²) in [7, 11) is -0.359. The highest BCUT2D eigenvalue weighted by Gasteiger charge is 2.25. The van der Waals surface area contributed by atoms with E-state index in [4.69, 9.17) is 0 Å². The van der Waals surface area contributed by atoms with Crippen LogP contribution in [0.3, 0.4) is 0 Å². The number of hydrogen-bond acceptors (Lipinski definition) is 3.